The Morgan fingerprint density at radius 3 is 2.61 bits per heavy atom. The van der Waals surface area contributed by atoms with Gasteiger partial charge in [-0.1, -0.05) is 12.1 Å². The minimum Gasteiger partial charge on any atom is -0.348 e. The second kappa shape index (κ2) is 9.31. The summed E-state index contributed by atoms with van der Waals surface area (Å²) in [5.41, 5.74) is 0.0888. The van der Waals surface area contributed by atoms with Crippen molar-refractivity contribution in [2.45, 2.75) is 23.8 Å². The molecule has 0 aliphatic carbocycles. The molecule has 6 nitrogen and oxygen atoms in total. The number of rotatable bonds is 5. The minimum absolute atomic E-state index is 0. The number of piperidine rings is 1. The first-order chi connectivity index (χ1) is 12.9. The average Bonchev–Trinajstić information content (AvgIpc) is 2.64. The summed E-state index contributed by atoms with van der Waals surface area (Å²) >= 11 is 0. The molecule has 152 valence electrons. The van der Waals surface area contributed by atoms with Gasteiger partial charge < -0.3 is 10.6 Å². The lowest BCUT2D eigenvalue weighted by Gasteiger charge is -2.24. The molecule has 28 heavy (non-hydrogen) atoms. The standard InChI is InChI=1S/C18H19F2N3O3S.ClH/c19-12-7-8-15(20)17(10-12)27(25,26)23-16-6-2-1-5-14(16)18(24)22-13-4-3-9-21-11-13;/h1-2,5-8,10,13,21,23H,3-4,9,11H2,(H,22,24);1H/t13-;/m0./s1. The Labute approximate surface area is 168 Å². The fourth-order valence-electron chi connectivity index (χ4n) is 2.89. The smallest absolute Gasteiger partial charge is 0.264 e. The van der Waals surface area contributed by atoms with Crippen LogP contribution >= 0.6 is 12.4 Å². The Hall–Kier alpha value is -2.23. The van der Waals surface area contributed by atoms with Crippen molar-refractivity contribution in [3.05, 3.63) is 59.7 Å². The van der Waals surface area contributed by atoms with Crippen LogP contribution in [-0.2, 0) is 10.0 Å². The molecule has 10 heteroatoms. The van der Waals surface area contributed by atoms with Crippen LogP contribution in [0.3, 0.4) is 0 Å². The van der Waals surface area contributed by atoms with Gasteiger partial charge in [0.15, 0.2) is 0 Å². The van der Waals surface area contributed by atoms with Crippen LogP contribution in [0.25, 0.3) is 0 Å². The molecule has 1 aliphatic heterocycles. The fraction of sp³-hybridized carbons (Fsp3) is 0.278. The Bertz CT molecular complexity index is 951. The van der Waals surface area contributed by atoms with Crippen LogP contribution in [0, 0.1) is 11.6 Å². The summed E-state index contributed by atoms with van der Waals surface area (Å²) in [5.74, 6) is -2.41. The predicted octanol–water partition coefficient (Wildman–Crippen LogP) is 2.67. The van der Waals surface area contributed by atoms with E-state index < -0.39 is 32.5 Å². The van der Waals surface area contributed by atoms with E-state index in [2.05, 4.69) is 15.4 Å². The second-order valence-corrected chi connectivity index (χ2v) is 7.89. The largest absolute Gasteiger partial charge is 0.348 e. The van der Waals surface area contributed by atoms with Crippen molar-refractivity contribution in [1.29, 1.82) is 0 Å². The van der Waals surface area contributed by atoms with Gasteiger partial charge in [-0.05, 0) is 49.7 Å². The molecular weight excluding hydrogens is 412 g/mol. The number of carbonyl (C=O) groups is 1. The number of amides is 1. The van der Waals surface area contributed by atoms with Crippen LogP contribution in [0.15, 0.2) is 47.4 Å². The van der Waals surface area contributed by atoms with E-state index in [4.69, 9.17) is 0 Å². The summed E-state index contributed by atoms with van der Waals surface area (Å²) in [7, 11) is -4.41. The number of nitrogens with one attached hydrogen (secondary N) is 3. The molecule has 0 spiro atoms. The first-order valence-electron chi connectivity index (χ1n) is 8.45. The molecule has 0 saturated carbocycles. The molecule has 2 aromatic carbocycles. The molecule has 0 aromatic heterocycles. The first kappa shape index (κ1) is 22.1. The quantitative estimate of drug-likeness (QED) is 0.679. The second-order valence-electron chi connectivity index (χ2n) is 6.24. The maximum Gasteiger partial charge on any atom is 0.264 e. The minimum atomic E-state index is -4.41. The van der Waals surface area contributed by atoms with Gasteiger partial charge in [0.25, 0.3) is 15.9 Å². The summed E-state index contributed by atoms with van der Waals surface area (Å²) in [6.45, 7) is 1.52. The summed E-state index contributed by atoms with van der Waals surface area (Å²) in [6.07, 6.45) is 1.75. The van der Waals surface area contributed by atoms with E-state index in [9.17, 15) is 22.0 Å². The molecular formula is C18H20ClF2N3O3S. The summed E-state index contributed by atoms with van der Waals surface area (Å²) in [4.78, 5) is 11.7. The molecule has 1 amide bonds. The normalized spacial score (nSPS) is 16.7. The maximum absolute atomic E-state index is 13.9. The number of hydrogen-bond donors (Lipinski definition) is 3. The molecule has 1 aliphatic rings. The van der Waals surface area contributed by atoms with E-state index in [-0.39, 0.29) is 29.7 Å². The highest BCUT2D eigenvalue weighted by Crippen LogP contribution is 2.23. The molecule has 1 fully saturated rings. The van der Waals surface area contributed by atoms with E-state index in [1.165, 1.54) is 12.1 Å². The van der Waals surface area contributed by atoms with Crippen molar-refractivity contribution in [2.24, 2.45) is 0 Å². The predicted molar refractivity (Wildman–Crippen MR) is 104 cm³/mol. The summed E-state index contributed by atoms with van der Waals surface area (Å²) < 4.78 is 54.4. The van der Waals surface area contributed by atoms with Crippen molar-refractivity contribution in [1.82, 2.24) is 10.6 Å². The van der Waals surface area contributed by atoms with Gasteiger partial charge in [0.05, 0.1) is 11.3 Å². The van der Waals surface area contributed by atoms with Crippen LogP contribution in [0.2, 0.25) is 0 Å². The van der Waals surface area contributed by atoms with Crippen LogP contribution < -0.4 is 15.4 Å². The van der Waals surface area contributed by atoms with Crippen LogP contribution in [0.5, 0.6) is 0 Å². The molecule has 1 saturated heterocycles. The third-order valence-corrected chi connectivity index (χ3v) is 5.61. The van der Waals surface area contributed by atoms with E-state index in [1.807, 2.05) is 0 Å². The lowest BCUT2D eigenvalue weighted by atomic mass is 10.1. The molecule has 0 radical (unpaired) electrons. The topological polar surface area (TPSA) is 87.3 Å². The highest BCUT2D eigenvalue weighted by atomic mass is 35.5. The fourth-order valence-corrected chi connectivity index (χ4v) is 4.06. The van der Waals surface area contributed by atoms with Crippen LogP contribution in [0.1, 0.15) is 23.2 Å². The van der Waals surface area contributed by atoms with Gasteiger partial charge in [0.2, 0.25) is 0 Å². The SMILES string of the molecule is Cl.O=C(N[C@H]1CCCNC1)c1ccccc1NS(=O)(=O)c1cc(F)ccc1F. The van der Waals surface area contributed by atoms with Gasteiger partial charge in [-0.25, -0.2) is 17.2 Å². The average molecular weight is 432 g/mol. The van der Waals surface area contributed by atoms with E-state index in [0.29, 0.717) is 12.6 Å². The van der Waals surface area contributed by atoms with Crippen LogP contribution in [-0.4, -0.2) is 33.5 Å². The highest BCUT2D eigenvalue weighted by molar-refractivity contribution is 7.92. The third kappa shape index (κ3) is 5.18. The number of hydrogen-bond acceptors (Lipinski definition) is 4. The van der Waals surface area contributed by atoms with Gasteiger partial charge in [-0.15, -0.1) is 12.4 Å². The zero-order chi connectivity index (χ0) is 19.4. The number of benzene rings is 2. The maximum atomic E-state index is 13.9. The molecule has 3 rings (SSSR count). The van der Waals surface area contributed by atoms with E-state index >= 15 is 0 Å². The lowest BCUT2D eigenvalue weighted by Crippen LogP contribution is -2.45. The first-order valence-corrected chi connectivity index (χ1v) is 9.93. The van der Waals surface area contributed by atoms with Crippen molar-refractivity contribution < 1.29 is 22.0 Å². The van der Waals surface area contributed by atoms with Crippen molar-refractivity contribution >= 4 is 34.0 Å². The Morgan fingerprint density at radius 1 is 1.14 bits per heavy atom. The van der Waals surface area contributed by atoms with Gasteiger partial charge in [-0.2, -0.15) is 0 Å². The van der Waals surface area contributed by atoms with Gasteiger partial charge >= 0.3 is 0 Å². The molecule has 0 bridgehead atoms. The van der Waals surface area contributed by atoms with Gasteiger partial charge in [0, 0.05) is 12.6 Å². The zero-order valence-electron chi connectivity index (χ0n) is 14.7. The Morgan fingerprint density at radius 2 is 1.89 bits per heavy atom. The molecule has 0 unspecified atom stereocenters. The molecule has 1 heterocycles. The third-order valence-electron chi connectivity index (χ3n) is 4.23. The van der Waals surface area contributed by atoms with Crippen molar-refractivity contribution in [2.75, 3.05) is 17.8 Å². The summed E-state index contributed by atoms with van der Waals surface area (Å²) in [5, 5.41) is 6.03. The van der Waals surface area contributed by atoms with Crippen molar-refractivity contribution in [3.8, 4) is 0 Å². The zero-order valence-corrected chi connectivity index (χ0v) is 16.4. The van der Waals surface area contributed by atoms with E-state index in [1.54, 1.807) is 12.1 Å². The number of anilines is 1. The summed E-state index contributed by atoms with van der Waals surface area (Å²) in [6, 6.07) is 8.08. The van der Waals surface area contributed by atoms with Crippen molar-refractivity contribution in [3.63, 3.8) is 0 Å². The van der Waals surface area contributed by atoms with E-state index in [0.717, 1.165) is 31.5 Å². The monoisotopic (exact) mass is 431 g/mol. The molecule has 2 aromatic rings. The number of carbonyl (C=O) groups excluding carboxylic acids is 1. The Kier molecular flexibility index (Phi) is 7.34. The van der Waals surface area contributed by atoms with Gasteiger partial charge in [-0.3, -0.25) is 9.52 Å². The number of sulfonamides is 1. The van der Waals surface area contributed by atoms with Crippen LogP contribution in [0.4, 0.5) is 14.5 Å². The molecule has 3 N–H and O–H groups in total. The number of para-hydroxylation sites is 1. The lowest BCUT2D eigenvalue weighted by molar-refractivity contribution is 0.0931. The molecule has 1 atom stereocenters. The highest BCUT2D eigenvalue weighted by Gasteiger charge is 2.23. The van der Waals surface area contributed by atoms with Gasteiger partial charge in [0.1, 0.15) is 16.5 Å². The number of halogens is 3. The Balaban J connectivity index is 0.00000280.